The molecule has 1 fully saturated rings. The van der Waals surface area contributed by atoms with Gasteiger partial charge in [-0.2, -0.15) is 0 Å². The van der Waals surface area contributed by atoms with E-state index in [0.29, 0.717) is 24.2 Å². The van der Waals surface area contributed by atoms with Crippen molar-refractivity contribution in [3.63, 3.8) is 0 Å². The van der Waals surface area contributed by atoms with Crippen molar-refractivity contribution in [2.75, 3.05) is 7.11 Å². The van der Waals surface area contributed by atoms with E-state index in [9.17, 15) is 14.4 Å². The molecule has 22 heavy (non-hydrogen) atoms. The molecular weight excluding hydrogens is 280 g/mol. The van der Waals surface area contributed by atoms with Gasteiger partial charge in [-0.15, -0.1) is 0 Å². The minimum absolute atomic E-state index is 0.0675. The monoisotopic (exact) mass is 300 g/mol. The zero-order valence-corrected chi connectivity index (χ0v) is 12.9. The predicted molar refractivity (Wildman–Crippen MR) is 83.0 cm³/mol. The summed E-state index contributed by atoms with van der Waals surface area (Å²) in [6, 6.07) is 7.03. The number of Topliss-reactive ketones (excluding diaryl/α,β-unsaturated/α-hetero) is 1. The van der Waals surface area contributed by atoms with Crippen LogP contribution in [0.1, 0.15) is 38.2 Å². The Morgan fingerprint density at radius 2 is 1.82 bits per heavy atom. The molecule has 4 nitrogen and oxygen atoms in total. The molecule has 1 atom stereocenters. The van der Waals surface area contributed by atoms with Crippen molar-refractivity contribution < 1.29 is 19.1 Å². The number of ketones is 3. The van der Waals surface area contributed by atoms with Crippen LogP contribution < -0.4 is 4.74 Å². The number of carbonyl (C=O) groups excluding carboxylic acids is 3. The number of hydrogen-bond acceptors (Lipinski definition) is 4. The van der Waals surface area contributed by atoms with E-state index in [1.54, 1.807) is 31.4 Å². The lowest BCUT2D eigenvalue weighted by Gasteiger charge is -2.34. The number of allylic oxidation sites excluding steroid dienone is 2. The third kappa shape index (κ3) is 3.01. The van der Waals surface area contributed by atoms with Crippen LogP contribution in [0.2, 0.25) is 0 Å². The zero-order valence-electron chi connectivity index (χ0n) is 12.9. The molecule has 1 unspecified atom stereocenters. The van der Waals surface area contributed by atoms with Crippen LogP contribution in [0.15, 0.2) is 36.4 Å². The summed E-state index contributed by atoms with van der Waals surface area (Å²) < 4.78 is 5.13. The van der Waals surface area contributed by atoms with E-state index in [1.807, 2.05) is 0 Å². The zero-order chi connectivity index (χ0) is 16.2. The summed E-state index contributed by atoms with van der Waals surface area (Å²) in [7, 11) is 1.57. The second kappa shape index (κ2) is 6.69. The minimum Gasteiger partial charge on any atom is -0.497 e. The number of methoxy groups -OCH3 is 1. The lowest BCUT2D eigenvalue weighted by molar-refractivity contribution is -0.134. The summed E-state index contributed by atoms with van der Waals surface area (Å²) in [6.07, 6.45) is 4.98. The molecule has 0 bridgehead atoms. The topological polar surface area (TPSA) is 60.4 Å². The first-order chi connectivity index (χ1) is 10.5. The highest BCUT2D eigenvalue weighted by atomic mass is 16.5. The van der Waals surface area contributed by atoms with Gasteiger partial charge in [0.15, 0.2) is 17.3 Å². The molecule has 0 spiro atoms. The van der Waals surface area contributed by atoms with Crippen molar-refractivity contribution in [3.8, 4) is 5.75 Å². The number of hydrogen-bond donors (Lipinski definition) is 0. The lowest BCUT2D eigenvalue weighted by Crippen LogP contribution is -2.45. The van der Waals surface area contributed by atoms with Crippen LogP contribution in [0.25, 0.3) is 0 Å². The van der Waals surface area contributed by atoms with Gasteiger partial charge in [-0.05, 0) is 49.6 Å². The fourth-order valence-corrected chi connectivity index (χ4v) is 2.95. The van der Waals surface area contributed by atoms with Gasteiger partial charge in [0.2, 0.25) is 0 Å². The number of rotatable bonds is 5. The van der Waals surface area contributed by atoms with Crippen molar-refractivity contribution in [1.82, 2.24) is 0 Å². The first-order valence-electron chi connectivity index (χ1n) is 7.41. The van der Waals surface area contributed by atoms with Crippen molar-refractivity contribution in [2.45, 2.75) is 38.0 Å². The van der Waals surface area contributed by atoms with Gasteiger partial charge in [0.1, 0.15) is 11.2 Å². The first kappa shape index (κ1) is 16.1. The maximum Gasteiger partial charge on any atom is 0.173 e. The van der Waals surface area contributed by atoms with E-state index in [0.717, 1.165) is 12.8 Å². The molecule has 1 aromatic carbocycles. The molecule has 0 aromatic heterocycles. The van der Waals surface area contributed by atoms with Gasteiger partial charge < -0.3 is 4.74 Å². The molecule has 0 amide bonds. The smallest absolute Gasteiger partial charge is 0.173 e. The normalized spacial score (nSPS) is 21.8. The van der Waals surface area contributed by atoms with Crippen LogP contribution in [-0.2, 0) is 19.8 Å². The summed E-state index contributed by atoms with van der Waals surface area (Å²) in [5, 5.41) is 0. The van der Waals surface area contributed by atoms with Gasteiger partial charge in [-0.3, -0.25) is 14.4 Å². The van der Waals surface area contributed by atoms with Crippen LogP contribution in [0.4, 0.5) is 0 Å². The number of benzene rings is 1. The lowest BCUT2D eigenvalue weighted by atomic mass is 9.65. The average Bonchev–Trinajstić information content (AvgIpc) is 2.53. The van der Waals surface area contributed by atoms with E-state index in [1.165, 1.54) is 19.1 Å². The van der Waals surface area contributed by atoms with Crippen LogP contribution in [-0.4, -0.2) is 24.5 Å². The van der Waals surface area contributed by atoms with Gasteiger partial charge in [0, 0.05) is 6.42 Å². The third-order valence-electron chi connectivity index (χ3n) is 4.15. The van der Waals surface area contributed by atoms with Crippen molar-refractivity contribution in [1.29, 1.82) is 0 Å². The van der Waals surface area contributed by atoms with Crippen LogP contribution >= 0.6 is 0 Å². The highest BCUT2D eigenvalue weighted by Crippen LogP contribution is 2.38. The average molecular weight is 300 g/mol. The molecular formula is C18H20O4. The highest BCUT2D eigenvalue weighted by Gasteiger charge is 2.46. The Bertz CT molecular complexity index is 612. The first-order valence-corrected chi connectivity index (χ1v) is 7.41. The molecule has 1 aliphatic rings. The van der Waals surface area contributed by atoms with Crippen molar-refractivity contribution in [2.24, 2.45) is 0 Å². The fourth-order valence-electron chi connectivity index (χ4n) is 2.95. The van der Waals surface area contributed by atoms with E-state index in [2.05, 4.69) is 0 Å². The highest BCUT2D eigenvalue weighted by molar-refractivity contribution is 6.18. The van der Waals surface area contributed by atoms with Gasteiger partial charge >= 0.3 is 0 Å². The van der Waals surface area contributed by atoms with Gasteiger partial charge in [0.25, 0.3) is 0 Å². The van der Waals surface area contributed by atoms with Gasteiger partial charge in [-0.25, -0.2) is 0 Å². The summed E-state index contributed by atoms with van der Waals surface area (Å²) in [5.41, 5.74) is -0.479. The Morgan fingerprint density at radius 1 is 1.14 bits per heavy atom. The minimum atomic E-state index is -1.16. The Hall–Kier alpha value is -2.23. The summed E-state index contributed by atoms with van der Waals surface area (Å²) in [4.78, 5) is 36.4. The van der Waals surface area contributed by atoms with E-state index < -0.39 is 5.41 Å². The molecule has 0 heterocycles. The Labute approximate surface area is 130 Å². The summed E-state index contributed by atoms with van der Waals surface area (Å²) >= 11 is 0. The van der Waals surface area contributed by atoms with Crippen molar-refractivity contribution in [3.05, 3.63) is 42.0 Å². The second-order valence-electron chi connectivity index (χ2n) is 5.57. The van der Waals surface area contributed by atoms with Crippen molar-refractivity contribution >= 4 is 17.3 Å². The molecule has 1 aromatic rings. The van der Waals surface area contributed by atoms with Gasteiger partial charge in [-0.1, -0.05) is 18.6 Å². The number of carbonyl (C=O) groups is 3. The van der Waals surface area contributed by atoms with Crippen LogP contribution in [0.5, 0.6) is 5.75 Å². The number of ether oxygens (including phenoxy) is 1. The standard InChI is InChI=1S/C18H20O4/c1-13(19)6-11-17(21)18(12-4-3-5-16(18)20)14-7-9-15(22-2)10-8-14/h6-11H,3-5,12H2,1-2H3/b11-6-. The molecule has 0 N–H and O–H groups in total. The second-order valence-corrected chi connectivity index (χ2v) is 5.57. The molecule has 4 heteroatoms. The molecule has 2 rings (SSSR count). The van der Waals surface area contributed by atoms with E-state index in [-0.39, 0.29) is 17.3 Å². The van der Waals surface area contributed by atoms with E-state index >= 15 is 0 Å². The summed E-state index contributed by atoms with van der Waals surface area (Å²) in [5.74, 6) is 0.0926. The quantitative estimate of drug-likeness (QED) is 0.619. The van der Waals surface area contributed by atoms with Crippen LogP contribution in [0, 0.1) is 0 Å². The molecule has 1 aliphatic carbocycles. The largest absolute Gasteiger partial charge is 0.497 e. The van der Waals surface area contributed by atoms with Gasteiger partial charge in [0.05, 0.1) is 7.11 Å². The Morgan fingerprint density at radius 3 is 2.36 bits per heavy atom. The maximum absolute atomic E-state index is 12.7. The third-order valence-corrected chi connectivity index (χ3v) is 4.15. The molecule has 0 saturated heterocycles. The van der Waals surface area contributed by atoms with E-state index in [4.69, 9.17) is 4.74 Å². The molecule has 116 valence electrons. The predicted octanol–water partition coefficient (Wildman–Crippen LogP) is 2.79. The Balaban J connectivity index is 2.47. The Kier molecular flexibility index (Phi) is 4.91. The molecule has 0 aliphatic heterocycles. The molecule has 0 radical (unpaired) electrons. The summed E-state index contributed by atoms with van der Waals surface area (Å²) in [6.45, 7) is 1.38. The van der Waals surface area contributed by atoms with Crippen LogP contribution in [0.3, 0.4) is 0 Å². The molecule has 1 saturated carbocycles. The maximum atomic E-state index is 12.7. The SMILES string of the molecule is COc1ccc(C2(C(=O)/C=C\C(C)=O)CCCCC2=O)cc1. The fraction of sp³-hybridized carbons (Fsp3) is 0.389.